The molecule has 1 amide bonds. The zero-order valence-corrected chi connectivity index (χ0v) is 15.2. The van der Waals surface area contributed by atoms with Gasteiger partial charge in [0, 0.05) is 12.6 Å². The van der Waals surface area contributed by atoms with Crippen LogP contribution in [0.2, 0.25) is 0 Å². The number of amides is 1. The smallest absolute Gasteiger partial charge is 0.257 e. The highest BCUT2D eigenvalue weighted by Gasteiger charge is 2.38. The van der Waals surface area contributed by atoms with Crippen LogP contribution in [0, 0.1) is 17.0 Å². The summed E-state index contributed by atoms with van der Waals surface area (Å²) in [7, 11) is 0. The maximum absolute atomic E-state index is 14.1. The zero-order chi connectivity index (χ0) is 18.9. The molecule has 0 spiro atoms. The number of carbonyl (C=O) groups is 1. The first kappa shape index (κ1) is 18.5. The molecule has 1 heterocycles. The Labute approximate surface area is 152 Å². The Morgan fingerprint density at radius 1 is 1.08 bits per heavy atom. The standard InChI is InChI=1S/C21H23F2NO2/c1-21(2,3)19-13-24(12-18(26-19)14-7-5-4-6-8-14)20(25)16-10-9-15(22)11-17(16)23/h4-11,18-19H,12-13H2,1-3H3/t18-,19+/m0/s1. The van der Waals surface area contributed by atoms with Crippen LogP contribution in [0.25, 0.3) is 0 Å². The van der Waals surface area contributed by atoms with Gasteiger partial charge in [-0.2, -0.15) is 0 Å². The van der Waals surface area contributed by atoms with Gasteiger partial charge in [-0.3, -0.25) is 4.79 Å². The molecule has 5 heteroatoms. The lowest BCUT2D eigenvalue weighted by atomic mass is 9.87. The van der Waals surface area contributed by atoms with Gasteiger partial charge in [0.1, 0.15) is 17.7 Å². The largest absolute Gasteiger partial charge is 0.366 e. The van der Waals surface area contributed by atoms with Crippen LogP contribution in [0.4, 0.5) is 8.78 Å². The molecule has 0 radical (unpaired) electrons. The topological polar surface area (TPSA) is 29.5 Å². The molecule has 0 unspecified atom stereocenters. The highest BCUT2D eigenvalue weighted by atomic mass is 19.1. The average Bonchev–Trinajstić information content (AvgIpc) is 2.61. The van der Waals surface area contributed by atoms with E-state index in [9.17, 15) is 13.6 Å². The van der Waals surface area contributed by atoms with Crippen LogP contribution in [0.5, 0.6) is 0 Å². The predicted octanol–water partition coefficient (Wildman–Crippen LogP) is 4.59. The molecule has 0 aliphatic carbocycles. The third kappa shape index (κ3) is 3.93. The van der Waals surface area contributed by atoms with Gasteiger partial charge in [0.25, 0.3) is 5.91 Å². The van der Waals surface area contributed by atoms with E-state index in [2.05, 4.69) is 0 Å². The fourth-order valence-corrected chi connectivity index (χ4v) is 3.09. The predicted molar refractivity (Wildman–Crippen MR) is 95.8 cm³/mol. The van der Waals surface area contributed by atoms with Gasteiger partial charge in [0.2, 0.25) is 0 Å². The summed E-state index contributed by atoms with van der Waals surface area (Å²) in [6.07, 6.45) is -0.490. The van der Waals surface area contributed by atoms with Gasteiger partial charge in [-0.05, 0) is 23.1 Å². The van der Waals surface area contributed by atoms with E-state index in [1.54, 1.807) is 4.90 Å². The number of ether oxygens (including phenoxy) is 1. The van der Waals surface area contributed by atoms with Gasteiger partial charge in [-0.15, -0.1) is 0 Å². The van der Waals surface area contributed by atoms with E-state index in [1.165, 1.54) is 6.07 Å². The quantitative estimate of drug-likeness (QED) is 0.785. The Balaban J connectivity index is 1.90. The summed E-state index contributed by atoms with van der Waals surface area (Å²) in [5, 5.41) is 0. The molecule has 1 aliphatic rings. The van der Waals surface area contributed by atoms with Crippen LogP contribution in [0.1, 0.15) is 42.8 Å². The third-order valence-electron chi connectivity index (χ3n) is 4.69. The van der Waals surface area contributed by atoms with E-state index in [0.29, 0.717) is 13.1 Å². The van der Waals surface area contributed by atoms with Crippen molar-refractivity contribution in [2.45, 2.75) is 33.0 Å². The summed E-state index contributed by atoms with van der Waals surface area (Å²) in [6, 6.07) is 12.7. The molecule has 26 heavy (non-hydrogen) atoms. The van der Waals surface area contributed by atoms with Crippen molar-refractivity contribution >= 4 is 5.91 Å². The molecule has 0 saturated carbocycles. The number of benzene rings is 2. The summed E-state index contributed by atoms with van der Waals surface area (Å²) in [4.78, 5) is 14.5. The summed E-state index contributed by atoms with van der Waals surface area (Å²) >= 11 is 0. The second-order valence-electron chi connectivity index (χ2n) is 7.72. The summed E-state index contributed by atoms with van der Waals surface area (Å²) in [5.41, 5.74) is 0.666. The number of hydrogen-bond donors (Lipinski definition) is 0. The number of carbonyl (C=O) groups excluding carboxylic acids is 1. The number of rotatable bonds is 2. The first-order valence-corrected chi connectivity index (χ1v) is 8.70. The van der Waals surface area contributed by atoms with Gasteiger partial charge < -0.3 is 9.64 Å². The van der Waals surface area contributed by atoms with Crippen LogP contribution < -0.4 is 0 Å². The molecule has 1 saturated heterocycles. The third-order valence-corrected chi connectivity index (χ3v) is 4.69. The first-order valence-electron chi connectivity index (χ1n) is 8.70. The maximum atomic E-state index is 14.1. The highest BCUT2D eigenvalue weighted by molar-refractivity contribution is 5.94. The Hall–Kier alpha value is -2.27. The second kappa shape index (κ2) is 7.16. The molecule has 1 aliphatic heterocycles. The fourth-order valence-electron chi connectivity index (χ4n) is 3.09. The number of halogens is 2. The van der Waals surface area contributed by atoms with E-state index in [0.717, 1.165) is 17.7 Å². The van der Waals surface area contributed by atoms with Crippen LogP contribution in [0.15, 0.2) is 48.5 Å². The van der Waals surface area contributed by atoms with Gasteiger partial charge in [0.15, 0.2) is 0 Å². The summed E-state index contributed by atoms with van der Waals surface area (Å²) in [6.45, 7) is 6.83. The van der Waals surface area contributed by atoms with Crippen molar-refractivity contribution in [1.82, 2.24) is 4.90 Å². The van der Waals surface area contributed by atoms with E-state index >= 15 is 0 Å². The van der Waals surface area contributed by atoms with Crippen molar-refractivity contribution in [3.8, 4) is 0 Å². The minimum Gasteiger partial charge on any atom is -0.366 e. The lowest BCUT2D eigenvalue weighted by Gasteiger charge is -2.43. The van der Waals surface area contributed by atoms with E-state index in [1.807, 2.05) is 51.1 Å². The van der Waals surface area contributed by atoms with E-state index in [-0.39, 0.29) is 23.2 Å². The van der Waals surface area contributed by atoms with Gasteiger partial charge in [-0.25, -0.2) is 8.78 Å². The van der Waals surface area contributed by atoms with Gasteiger partial charge >= 0.3 is 0 Å². The van der Waals surface area contributed by atoms with Crippen molar-refractivity contribution in [3.05, 3.63) is 71.3 Å². The summed E-state index contributed by atoms with van der Waals surface area (Å²) in [5.74, 6) is -1.98. The molecule has 3 rings (SSSR count). The van der Waals surface area contributed by atoms with Crippen molar-refractivity contribution in [2.75, 3.05) is 13.1 Å². The Kier molecular flexibility index (Phi) is 5.10. The Bertz CT molecular complexity index is 786. The SMILES string of the molecule is CC(C)(C)[C@H]1CN(C(=O)c2ccc(F)cc2F)C[C@@H](c2ccccc2)O1. The highest BCUT2D eigenvalue weighted by Crippen LogP contribution is 2.34. The minimum absolute atomic E-state index is 0.118. The lowest BCUT2D eigenvalue weighted by molar-refractivity contribution is -0.119. The maximum Gasteiger partial charge on any atom is 0.257 e. The van der Waals surface area contributed by atoms with Crippen molar-refractivity contribution in [1.29, 1.82) is 0 Å². The van der Waals surface area contributed by atoms with E-state index < -0.39 is 17.5 Å². The van der Waals surface area contributed by atoms with Crippen molar-refractivity contribution < 1.29 is 18.3 Å². The number of nitrogens with zero attached hydrogens (tertiary/aromatic N) is 1. The van der Waals surface area contributed by atoms with Crippen molar-refractivity contribution in [3.63, 3.8) is 0 Å². The molecule has 2 aromatic carbocycles. The Morgan fingerprint density at radius 2 is 1.77 bits per heavy atom. The zero-order valence-electron chi connectivity index (χ0n) is 15.2. The minimum atomic E-state index is -0.843. The molecular weight excluding hydrogens is 336 g/mol. The van der Waals surface area contributed by atoms with Crippen LogP contribution in [-0.2, 0) is 4.74 Å². The first-order chi connectivity index (χ1) is 12.3. The summed E-state index contributed by atoms with van der Waals surface area (Å²) < 4.78 is 33.5. The van der Waals surface area contributed by atoms with Gasteiger partial charge in [-0.1, -0.05) is 51.1 Å². The Morgan fingerprint density at radius 3 is 2.38 bits per heavy atom. The van der Waals surface area contributed by atoms with Crippen LogP contribution >= 0.6 is 0 Å². The molecule has 2 aromatic rings. The van der Waals surface area contributed by atoms with Crippen LogP contribution in [-0.4, -0.2) is 30.0 Å². The molecule has 1 fully saturated rings. The van der Waals surface area contributed by atoms with Crippen molar-refractivity contribution in [2.24, 2.45) is 5.41 Å². The number of hydrogen-bond acceptors (Lipinski definition) is 2. The molecule has 0 N–H and O–H groups in total. The lowest BCUT2D eigenvalue weighted by Crippen LogP contribution is -2.51. The molecule has 3 nitrogen and oxygen atoms in total. The fraction of sp³-hybridized carbons (Fsp3) is 0.381. The second-order valence-corrected chi connectivity index (χ2v) is 7.72. The van der Waals surface area contributed by atoms with Gasteiger partial charge in [0.05, 0.1) is 18.2 Å². The molecule has 0 bridgehead atoms. The molecular formula is C21H23F2NO2. The van der Waals surface area contributed by atoms with E-state index in [4.69, 9.17) is 4.74 Å². The van der Waals surface area contributed by atoms with Crippen LogP contribution in [0.3, 0.4) is 0 Å². The molecule has 0 aromatic heterocycles. The molecule has 2 atom stereocenters. The molecule has 138 valence electrons. The average molecular weight is 359 g/mol. The monoisotopic (exact) mass is 359 g/mol. The normalized spacial score (nSPS) is 20.9. The number of morpholine rings is 1.